The predicted octanol–water partition coefficient (Wildman–Crippen LogP) is 3.65. The van der Waals surface area contributed by atoms with E-state index in [4.69, 9.17) is 9.52 Å². The number of hydrogen-bond acceptors (Lipinski definition) is 3. The summed E-state index contributed by atoms with van der Waals surface area (Å²) in [5.41, 5.74) is 2.28. The average Bonchev–Trinajstić information content (AvgIpc) is 3.05. The molecule has 1 aromatic heterocycles. The first-order valence-electron chi connectivity index (χ1n) is 7.75. The van der Waals surface area contributed by atoms with Gasteiger partial charge in [-0.25, -0.2) is 4.79 Å². The summed E-state index contributed by atoms with van der Waals surface area (Å²) in [7, 11) is 0. The van der Waals surface area contributed by atoms with Crippen LogP contribution >= 0.6 is 0 Å². The molecule has 1 unspecified atom stereocenters. The average molecular weight is 313 g/mol. The van der Waals surface area contributed by atoms with E-state index in [9.17, 15) is 9.59 Å². The SMILES string of the molecule is Cc1ccc(C2CCCCN2C(=O)c2cc(C(=O)O)co2)cc1. The van der Waals surface area contributed by atoms with Gasteiger partial charge in [-0.2, -0.15) is 0 Å². The molecule has 1 amide bonds. The highest BCUT2D eigenvalue weighted by molar-refractivity contribution is 5.95. The highest BCUT2D eigenvalue weighted by Crippen LogP contribution is 2.32. The van der Waals surface area contributed by atoms with Crippen LogP contribution in [-0.4, -0.2) is 28.4 Å². The van der Waals surface area contributed by atoms with Gasteiger partial charge < -0.3 is 14.4 Å². The third-order valence-electron chi connectivity index (χ3n) is 4.28. The number of likely N-dealkylation sites (tertiary alicyclic amines) is 1. The summed E-state index contributed by atoms with van der Waals surface area (Å²) in [6.07, 6.45) is 4.03. The van der Waals surface area contributed by atoms with Crippen molar-refractivity contribution in [3.8, 4) is 0 Å². The summed E-state index contributed by atoms with van der Waals surface area (Å²) in [6, 6.07) is 9.50. The fourth-order valence-corrected chi connectivity index (χ4v) is 3.01. The Hall–Kier alpha value is -2.56. The molecule has 1 aliphatic heterocycles. The van der Waals surface area contributed by atoms with Gasteiger partial charge in [0.05, 0.1) is 11.6 Å². The Morgan fingerprint density at radius 3 is 2.61 bits per heavy atom. The maximum absolute atomic E-state index is 12.7. The molecule has 0 saturated carbocycles. The molecule has 23 heavy (non-hydrogen) atoms. The summed E-state index contributed by atoms with van der Waals surface area (Å²) >= 11 is 0. The zero-order valence-electron chi connectivity index (χ0n) is 13.0. The molecule has 0 aliphatic carbocycles. The summed E-state index contributed by atoms with van der Waals surface area (Å²) in [6.45, 7) is 2.68. The van der Waals surface area contributed by atoms with E-state index in [1.54, 1.807) is 4.90 Å². The Bertz CT molecular complexity index is 717. The Kier molecular flexibility index (Phi) is 4.19. The number of furan rings is 1. The topological polar surface area (TPSA) is 70.8 Å². The molecule has 1 N–H and O–H groups in total. The van der Waals surface area contributed by atoms with Crippen molar-refractivity contribution in [2.75, 3.05) is 6.54 Å². The zero-order valence-corrected chi connectivity index (χ0v) is 13.0. The lowest BCUT2D eigenvalue weighted by molar-refractivity contribution is 0.0578. The second kappa shape index (κ2) is 6.28. The largest absolute Gasteiger partial charge is 0.478 e. The highest BCUT2D eigenvalue weighted by Gasteiger charge is 2.30. The van der Waals surface area contributed by atoms with Gasteiger partial charge in [0.25, 0.3) is 5.91 Å². The lowest BCUT2D eigenvalue weighted by Crippen LogP contribution is -2.38. The Morgan fingerprint density at radius 1 is 1.22 bits per heavy atom. The van der Waals surface area contributed by atoms with Crippen LogP contribution in [-0.2, 0) is 0 Å². The number of carbonyl (C=O) groups excluding carboxylic acids is 1. The van der Waals surface area contributed by atoms with E-state index in [1.165, 1.54) is 11.6 Å². The Morgan fingerprint density at radius 2 is 1.96 bits per heavy atom. The Balaban J connectivity index is 1.86. The number of amides is 1. The van der Waals surface area contributed by atoms with Crippen molar-refractivity contribution in [1.29, 1.82) is 0 Å². The summed E-state index contributed by atoms with van der Waals surface area (Å²) in [4.78, 5) is 25.5. The van der Waals surface area contributed by atoms with Gasteiger partial charge in [0, 0.05) is 12.6 Å². The van der Waals surface area contributed by atoms with Crippen LogP contribution in [0.5, 0.6) is 0 Å². The van der Waals surface area contributed by atoms with Crippen LogP contribution in [0.3, 0.4) is 0 Å². The first-order chi connectivity index (χ1) is 11.1. The van der Waals surface area contributed by atoms with Gasteiger partial charge in [-0.1, -0.05) is 29.8 Å². The minimum atomic E-state index is -1.10. The van der Waals surface area contributed by atoms with Crippen molar-refractivity contribution in [1.82, 2.24) is 4.90 Å². The van der Waals surface area contributed by atoms with Crippen molar-refractivity contribution < 1.29 is 19.1 Å². The van der Waals surface area contributed by atoms with E-state index in [-0.39, 0.29) is 23.3 Å². The fraction of sp³-hybridized carbons (Fsp3) is 0.333. The number of aromatic carboxylic acids is 1. The van der Waals surface area contributed by atoms with Crippen molar-refractivity contribution in [2.45, 2.75) is 32.2 Å². The van der Waals surface area contributed by atoms with E-state index in [0.29, 0.717) is 6.54 Å². The van der Waals surface area contributed by atoms with Crippen LogP contribution in [0.1, 0.15) is 57.3 Å². The molecule has 2 aromatic rings. The van der Waals surface area contributed by atoms with Gasteiger partial charge >= 0.3 is 5.97 Å². The Labute approximate surface area is 134 Å². The first-order valence-corrected chi connectivity index (χ1v) is 7.75. The number of piperidine rings is 1. The number of rotatable bonds is 3. The fourth-order valence-electron chi connectivity index (χ4n) is 3.01. The van der Waals surface area contributed by atoms with Crippen molar-refractivity contribution in [3.63, 3.8) is 0 Å². The van der Waals surface area contributed by atoms with Gasteiger partial charge in [-0.3, -0.25) is 4.79 Å². The molecule has 1 aromatic carbocycles. The third kappa shape index (κ3) is 3.13. The van der Waals surface area contributed by atoms with E-state index >= 15 is 0 Å². The van der Waals surface area contributed by atoms with Crippen LogP contribution < -0.4 is 0 Å². The molecular formula is C18H19NO4. The van der Waals surface area contributed by atoms with Crippen LogP contribution in [0.15, 0.2) is 41.0 Å². The molecule has 0 spiro atoms. The van der Waals surface area contributed by atoms with Crippen LogP contribution in [0.4, 0.5) is 0 Å². The number of carboxylic acid groups (broad SMARTS) is 1. The van der Waals surface area contributed by atoms with E-state index in [2.05, 4.69) is 12.1 Å². The molecule has 1 fully saturated rings. The smallest absolute Gasteiger partial charge is 0.338 e. The lowest BCUT2D eigenvalue weighted by atomic mass is 9.94. The molecule has 1 atom stereocenters. The van der Waals surface area contributed by atoms with Gasteiger partial charge in [-0.15, -0.1) is 0 Å². The van der Waals surface area contributed by atoms with E-state index < -0.39 is 5.97 Å². The summed E-state index contributed by atoms with van der Waals surface area (Å²) in [5.74, 6) is -1.26. The maximum atomic E-state index is 12.7. The molecule has 1 aliphatic rings. The van der Waals surface area contributed by atoms with Crippen LogP contribution in [0.2, 0.25) is 0 Å². The quantitative estimate of drug-likeness (QED) is 0.939. The molecule has 0 bridgehead atoms. The molecule has 2 heterocycles. The van der Waals surface area contributed by atoms with Gasteiger partial charge in [0.2, 0.25) is 0 Å². The predicted molar refractivity (Wildman–Crippen MR) is 84.5 cm³/mol. The third-order valence-corrected chi connectivity index (χ3v) is 4.28. The van der Waals surface area contributed by atoms with Gasteiger partial charge in [-0.05, 0) is 31.7 Å². The zero-order chi connectivity index (χ0) is 16.4. The molecule has 5 heteroatoms. The number of hydrogen-bond donors (Lipinski definition) is 1. The van der Waals surface area contributed by atoms with Gasteiger partial charge in [0.15, 0.2) is 5.76 Å². The minimum Gasteiger partial charge on any atom is -0.478 e. The number of carboxylic acids is 1. The molecule has 5 nitrogen and oxygen atoms in total. The minimum absolute atomic E-state index is 0.00255. The van der Waals surface area contributed by atoms with E-state index in [0.717, 1.165) is 31.1 Å². The molecule has 0 radical (unpaired) electrons. The monoisotopic (exact) mass is 313 g/mol. The number of aryl methyl sites for hydroxylation is 1. The second-order valence-corrected chi connectivity index (χ2v) is 5.93. The van der Waals surface area contributed by atoms with E-state index in [1.807, 2.05) is 19.1 Å². The normalized spacial score (nSPS) is 18.0. The lowest BCUT2D eigenvalue weighted by Gasteiger charge is -2.35. The first kappa shape index (κ1) is 15.3. The van der Waals surface area contributed by atoms with Crippen LogP contribution in [0.25, 0.3) is 0 Å². The molecule has 3 rings (SSSR count). The molecule has 1 saturated heterocycles. The highest BCUT2D eigenvalue weighted by atomic mass is 16.4. The van der Waals surface area contributed by atoms with Crippen molar-refractivity contribution in [2.24, 2.45) is 0 Å². The number of nitrogens with zero attached hydrogens (tertiary/aromatic N) is 1. The standard InChI is InChI=1S/C18H19NO4/c1-12-5-7-13(8-6-12)15-4-2-3-9-19(15)17(20)16-10-14(11-23-16)18(21)22/h5-8,10-11,15H,2-4,9H2,1H3,(H,21,22). The summed E-state index contributed by atoms with van der Waals surface area (Å²) in [5, 5.41) is 8.96. The van der Waals surface area contributed by atoms with Crippen LogP contribution in [0, 0.1) is 6.92 Å². The maximum Gasteiger partial charge on any atom is 0.338 e. The second-order valence-electron chi connectivity index (χ2n) is 5.93. The molecular weight excluding hydrogens is 294 g/mol. The van der Waals surface area contributed by atoms with Crippen molar-refractivity contribution >= 4 is 11.9 Å². The molecule has 120 valence electrons. The number of carbonyl (C=O) groups is 2. The number of benzene rings is 1. The van der Waals surface area contributed by atoms with Gasteiger partial charge in [0.1, 0.15) is 6.26 Å². The summed E-state index contributed by atoms with van der Waals surface area (Å²) < 4.78 is 5.17. The van der Waals surface area contributed by atoms with Crippen molar-refractivity contribution in [3.05, 3.63) is 59.0 Å².